The van der Waals surface area contributed by atoms with Gasteiger partial charge in [0.15, 0.2) is 9.60 Å². The Kier molecular flexibility index (Phi) is 5.15. The average Bonchev–Trinajstić information content (AvgIpc) is 2.94. The van der Waals surface area contributed by atoms with Gasteiger partial charge in [0.05, 0.1) is 6.54 Å². The second-order valence-corrected chi connectivity index (χ2v) is 7.64. The molecule has 3 rings (SSSR count). The molecule has 0 bridgehead atoms. The van der Waals surface area contributed by atoms with Crippen molar-refractivity contribution >= 4 is 39.8 Å². The number of fused-ring (bicyclic) bond motifs is 1. The number of benzene rings is 1. The molecule has 0 radical (unpaired) electrons. The number of carbonyl (C=O) groups excluding carboxylic acids is 1. The first-order valence-corrected chi connectivity index (χ1v) is 9.15. The van der Waals surface area contributed by atoms with Crippen LogP contribution in [-0.2, 0) is 13.1 Å². The second kappa shape index (κ2) is 7.35. The number of amides is 1. The minimum atomic E-state index is -0.123. The summed E-state index contributed by atoms with van der Waals surface area (Å²) in [6, 6.07) is 7.22. The van der Waals surface area contributed by atoms with Gasteiger partial charge >= 0.3 is 0 Å². The summed E-state index contributed by atoms with van der Waals surface area (Å²) in [6.07, 6.45) is 3.26. The largest absolute Gasteiger partial charge is 0.345 e. The van der Waals surface area contributed by atoms with Crippen LogP contribution in [0.15, 0.2) is 48.0 Å². The lowest BCUT2D eigenvalue weighted by molar-refractivity contribution is 0.0827. The molecule has 26 heavy (non-hydrogen) atoms. The van der Waals surface area contributed by atoms with E-state index >= 15 is 0 Å². The highest BCUT2D eigenvalue weighted by Crippen LogP contribution is 2.18. The number of aromatic nitrogens is 3. The molecule has 1 amide bonds. The lowest BCUT2D eigenvalue weighted by Crippen LogP contribution is -2.22. The first-order chi connectivity index (χ1) is 12.4. The van der Waals surface area contributed by atoms with E-state index < -0.39 is 0 Å². The van der Waals surface area contributed by atoms with Crippen LogP contribution in [0.1, 0.15) is 15.9 Å². The Hall–Kier alpha value is -2.58. The molecule has 0 spiro atoms. The molecule has 0 fully saturated rings. The highest BCUT2D eigenvalue weighted by molar-refractivity contribution is 7.73. The van der Waals surface area contributed by atoms with Gasteiger partial charge in [0.2, 0.25) is 0 Å². The molecule has 0 aliphatic heterocycles. The van der Waals surface area contributed by atoms with E-state index in [1.807, 2.05) is 12.1 Å². The van der Waals surface area contributed by atoms with E-state index in [-0.39, 0.29) is 11.5 Å². The predicted octanol–water partition coefficient (Wildman–Crippen LogP) is 2.93. The average molecular weight is 387 g/mol. The molecule has 0 saturated carbocycles. The standard InChI is InChI=1S/C18H18N4O2S2/c1-4-9-22-15-14(26-18(22)25)17(24)21(11-19-15)10-12-5-7-13(8-6-12)16(23)20(2)3/h4-8,11H,1,9-10H2,2-3H3. The zero-order chi connectivity index (χ0) is 18.8. The van der Waals surface area contributed by atoms with Crippen LogP contribution in [0.5, 0.6) is 0 Å². The van der Waals surface area contributed by atoms with Gasteiger partial charge in [0.25, 0.3) is 11.5 Å². The molecule has 134 valence electrons. The number of nitrogens with zero attached hydrogens (tertiary/aromatic N) is 4. The number of allylic oxidation sites excluding steroid dienone is 1. The monoisotopic (exact) mass is 386 g/mol. The quantitative estimate of drug-likeness (QED) is 0.500. The molecule has 2 heterocycles. The minimum Gasteiger partial charge on any atom is -0.345 e. The van der Waals surface area contributed by atoms with E-state index in [0.717, 1.165) is 5.56 Å². The van der Waals surface area contributed by atoms with Crippen molar-refractivity contribution in [1.82, 2.24) is 19.0 Å². The molecule has 0 unspecified atom stereocenters. The van der Waals surface area contributed by atoms with Crippen molar-refractivity contribution in [2.45, 2.75) is 13.1 Å². The van der Waals surface area contributed by atoms with Crippen molar-refractivity contribution in [3.63, 3.8) is 0 Å². The highest BCUT2D eigenvalue weighted by atomic mass is 32.1. The van der Waals surface area contributed by atoms with Gasteiger partial charge in [-0.3, -0.25) is 14.2 Å². The summed E-state index contributed by atoms with van der Waals surface area (Å²) in [5.74, 6) is -0.0554. The van der Waals surface area contributed by atoms with E-state index in [1.165, 1.54) is 22.6 Å². The van der Waals surface area contributed by atoms with Crippen LogP contribution in [-0.4, -0.2) is 39.0 Å². The molecule has 3 aromatic rings. The van der Waals surface area contributed by atoms with Gasteiger partial charge in [-0.25, -0.2) is 4.98 Å². The Morgan fingerprint density at radius 2 is 2.04 bits per heavy atom. The van der Waals surface area contributed by atoms with E-state index in [2.05, 4.69) is 11.6 Å². The van der Waals surface area contributed by atoms with Crippen molar-refractivity contribution in [1.29, 1.82) is 0 Å². The molecule has 0 atom stereocenters. The molecule has 0 N–H and O–H groups in total. The number of carbonyl (C=O) groups is 1. The first kappa shape index (κ1) is 18.2. The first-order valence-electron chi connectivity index (χ1n) is 7.92. The molecule has 2 aromatic heterocycles. The van der Waals surface area contributed by atoms with E-state index in [4.69, 9.17) is 12.2 Å². The Balaban J connectivity index is 1.93. The van der Waals surface area contributed by atoms with Crippen LogP contribution >= 0.6 is 23.6 Å². The summed E-state index contributed by atoms with van der Waals surface area (Å²) in [5, 5.41) is 0. The van der Waals surface area contributed by atoms with Crippen molar-refractivity contribution in [2.24, 2.45) is 0 Å². The van der Waals surface area contributed by atoms with Gasteiger partial charge in [-0.2, -0.15) is 0 Å². The van der Waals surface area contributed by atoms with Gasteiger partial charge in [0.1, 0.15) is 11.0 Å². The zero-order valence-electron chi connectivity index (χ0n) is 14.5. The summed E-state index contributed by atoms with van der Waals surface area (Å²) < 4.78 is 4.50. The maximum Gasteiger partial charge on any atom is 0.273 e. The van der Waals surface area contributed by atoms with Crippen molar-refractivity contribution in [2.75, 3.05) is 14.1 Å². The SMILES string of the molecule is C=CCn1c(=S)sc2c(=O)n(Cc3ccc(C(=O)N(C)C)cc3)cnc21. The molecule has 1 aromatic carbocycles. The normalized spacial score (nSPS) is 10.8. The lowest BCUT2D eigenvalue weighted by Gasteiger charge is -2.11. The number of rotatable bonds is 5. The molecule has 0 aliphatic rings. The molecule has 0 saturated heterocycles. The minimum absolute atomic E-state index is 0.0554. The predicted molar refractivity (Wildman–Crippen MR) is 106 cm³/mol. The maximum absolute atomic E-state index is 12.8. The summed E-state index contributed by atoms with van der Waals surface area (Å²) in [6.45, 7) is 4.61. The van der Waals surface area contributed by atoms with E-state index in [9.17, 15) is 9.59 Å². The number of hydrogen-bond donors (Lipinski definition) is 0. The van der Waals surface area contributed by atoms with Crippen LogP contribution in [0, 0.1) is 3.95 Å². The summed E-state index contributed by atoms with van der Waals surface area (Å²) >= 11 is 6.58. The van der Waals surface area contributed by atoms with Gasteiger partial charge in [-0.1, -0.05) is 29.5 Å². The molecular formula is C18H18N4O2S2. The van der Waals surface area contributed by atoms with Gasteiger partial charge in [-0.05, 0) is 29.9 Å². The van der Waals surface area contributed by atoms with Crippen LogP contribution < -0.4 is 5.56 Å². The number of thiazole rings is 1. The summed E-state index contributed by atoms with van der Waals surface area (Å²) in [5.41, 5.74) is 1.99. The smallest absolute Gasteiger partial charge is 0.273 e. The highest BCUT2D eigenvalue weighted by Gasteiger charge is 2.12. The third kappa shape index (κ3) is 3.38. The fourth-order valence-corrected chi connectivity index (χ4v) is 3.90. The maximum atomic E-state index is 12.8. The Morgan fingerprint density at radius 1 is 1.35 bits per heavy atom. The van der Waals surface area contributed by atoms with Crippen LogP contribution in [0.3, 0.4) is 0 Å². The number of hydrogen-bond acceptors (Lipinski definition) is 5. The van der Waals surface area contributed by atoms with E-state index in [0.29, 0.717) is 33.0 Å². The second-order valence-electron chi connectivity index (χ2n) is 5.99. The molecule has 8 heteroatoms. The Bertz CT molecular complexity index is 1090. The van der Waals surface area contributed by atoms with Crippen LogP contribution in [0.25, 0.3) is 10.3 Å². The Labute approximate surface area is 159 Å². The molecular weight excluding hydrogens is 368 g/mol. The summed E-state index contributed by atoms with van der Waals surface area (Å²) in [4.78, 5) is 30.6. The van der Waals surface area contributed by atoms with E-state index in [1.54, 1.807) is 41.4 Å². The van der Waals surface area contributed by atoms with Gasteiger partial charge in [-0.15, -0.1) is 6.58 Å². The van der Waals surface area contributed by atoms with Crippen molar-refractivity contribution in [3.05, 3.63) is 68.7 Å². The van der Waals surface area contributed by atoms with Gasteiger partial charge < -0.3 is 9.47 Å². The summed E-state index contributed by atoms with van der Waals surface area (Å²) in [7, 11) is 3.42. The van der Waals surface area contributed by atoms with Crippen molar-refractivity contribution < 1.29 is 4.79 Å². The van der Waals surface area contributed by atoms with Crippen molar-refractivity contribution in [3.8, 4) is 0 Å². The topological polar surface area (TPSA) is 60.1 Å². The Morgan fingerprint density at radius 3 is 2.65 bits per heavy atom. The van der Waals surface area contributed by atoms with Crippen LogP contribution in [0.4, 0.5) is 0 Å². The fraction of sp³-hybridized carbons (Fsp3) is 0.222. The van der Waals surface area contributed by atoms with Crippen LogP contribution in [0.2, 0.25) is 0 Å². The molecule has 0 aliphatic carbocycles. The zero-order valence-corrected chi connectivity index (χ0v) is 16.1. The lowest BCUT2D eigenvalue weighted by atomic mass is 10.1. The van der Waals surface area contributed by atoms with Gasteiger partial charge in [0, 0.05) is 26.2 Å². The third-order valence-electron chi connectivity index (χ3n) is 3.91. The molecule has 6 nitrogen and oxygen atoms in total. The third-order valence-corrected chi connectivity index (χ3v) is 5.34. The fourth-order valence-electron chi connectivity index (χ4n) is 2.58.